The van der Waals surface area contributed by atoms with Crippen LogP contribution >= 0.6 is 0 Å². The van der Waals surface area contributed by atoms with E-state index in [2.05, 4.69) is 241 Å². The number of aryl methyl sites for hydroxylation is 1. The van der Waals surface area contributed by atoms with Gasteiger partial charge in [-0.05, 0) is 152 Å². The van der Waals surface area contributed by atoms with Gasteiger partial charge in [-0.1, -0.05) is 140 Å². The number of hydrogen-bond donors (Lipinski definition) is 0. The highest BCUT2D eigenvalue weighted by Crippen LogP contribution is 2.44. The monoisotopic (exact) mass is 728 g/mol. The smallest absolute Gasteiger partial charge is 0.0464 e. The minimum Gasteiger partial charge on any atom is -0.311 e. The number of para-hydroxylation sites is 3. The molecule has 2 heteroatoms. The average molecular weight is 729 g/mol. The summed E-state index contributed by atoms with van der Waals surface area (Å²) in [5.41, 5.74) is 12.9. The third-order valence-electron chi connectivity index (χ3n) is 11.1. The highest BCUT2D eigenvalue weighted by Gasteiger charge is 2.18. The van der Waals surface area contributed by atoms with Gasteiger partial charge in [-0.2, -0.15) is 0 Å². The third kappa shape index (κ3) is 6.38. The summed E-state index contributed by atoms with van der Waals surface area (Å²) < 4.78 is 0. The molecule has 0 aliphatic rings. The Morgan fingerprint density at radius 2 is 0.579 bits per heavy atom. The molecule has 0 heterocycles. The first kappa shape index (κ1) is 34.1. The summed E-state index contributed by atoms with van der Waals surface area (Å²) >= 11 is 0. The Morgan fingerprint density at radius 3 is 0.982 bits per heavy atom. The number of benzene rings is 10. The minimum atomic E-state index is 1.12. The normalized spacial score (nSPS) is 11.2. The van der Waals surface area contributed by atoms with Crippen molar-refractivity contribution in [2.45, 2.75) is 6.92 Å². The van der Waals surface area contributed by atoms with Crippen molar-refractivity contribution in [1.82, 2.24) is 0 Å². The molecule has 10 aromatic carbocycles. The second-order valence-electron chi connectivity index (χ2n) is 14.6. The Kier molecular flexibility index (Phi) is 8.78. The quantitative estimate of drug-likeness (QED) is 0.144. The molecule has 0 aliphatic heterocycles. The summed E-state index contributed by atoms with van der Waals surface area (Å²) in [5.74, 6) is 0. The highest BCUT2D eigenvalue weighted by atomic mass is 15.1. The molecule has 0 spiro atoms. The van der Waals surface area contributed by atoms with Crippen LogP contribution in [0.25, 0.3) is 54.6 Å². The molecule has 0 N–H and O–H groups in total. The van der Waals surface area contributed by atoms with Crippen LogP contribution in [0.1, 0.15) is 5.56 Å². The molecule has 0 saturated carbocycles. The Labute approximate surface area is 334 Å². The molecule has 10 rings (SSSR count). The lowest BCUT2D eigenvalue weighted by Crippen LogP contribution is -2.09. The second kappa shape index (κ2) is 14.7. The number of fused-ring (bicyclic) bond motifs is 5. The summed E-state index contributed by atoms with van der Waals surface area (Å²) in [4.78, 5) is 4.64. The molecule has 0 atom stereocenters. The summed E-state index contributed by atoms with van der Waals surface area (Å²) in [6.07, 6.45) is 0. The van der Waals surface area contributed by atoms with Crippen LogP contribution in [0, 0.1) is 6.92 Å². The fraction of sp³-hybridized carbons (Fsp3) is 0.0182. The number of rotatable bonds is 8. The number of hydrogen-bond acceptors (Lipinski definition) is 2. The first-order valence-electron chi connectivity index (χ1n) is 19.6. The van der Waals surface area contributed by atoms with Gasteiger partial charge < -0.3 is 9.80 Å². The van der Waals surface area contributed by atoms with Crippen LogP contribution in [0.3, 0.4) is 0 Å². The lowest BCUT2D eigenvalue weighted by Gasteiger charge is -2.26. The maximum atomic E-state index is 2.41. The Hall–Kier alpha value is -7.42. The van der Waals surface area contributed by atoms with Gasteiger partial charge in [0.05, 0.1) is 0 Å². The standard InChI is InChI=1S/C55H40N2/c1-39-16-15-23-47(36-39)57(44-21-9-4-10-22-44)46-34-30-41(31-35-46)53-38-55-50-26-13-11-24-48(50)52(37-54(55)51-27-14-12-25-49(51)53)40-28-32-45(33-29-40)56(42-17-5-2-6-18-42)43-19-7-3-8-20-43/h2-38H,1H3. The second-order valence-corrected chi connectivity index (χ2v) is 14.6. The summed E-state index contributed by atoms with van der Waals surface area (Å²) in [5, 5.41) is 7.51. The van der Waals surface area contributed by atoms with E-state index in [0.717, 1.165) is 34.1 Å². The van der Waals surface area contributed by atoms with Gasteiger partial charge in [-0.15, -0.1) is 0 Å². The molecule has 0 radical (unpaired) electrons. The molecular weight excluding hydrogens is 689 g/mol. The van der Waals surface area contributed by atoms with E-state index in [9.17, 15) is 0 Å². The van der Waals surface area contributed by atoms with Gasteiger partial charge in [0.15, 0.2) is 0 Å². The third-order valence-corrected chi connectivity index (χ3v) is 11.1. The fourth-order valence-corrected chi connectivity index (χ4v) is 8.40. The lowest BCUT2D eigenvalue weighted by molar-refractivity contribution is 1.27. The highest BCUT2D eigenvalue weighted by molar-refractivity contribution is 6.23. The van der Waals surface area contributed by atoms with Crippen LogP contribution in [0.15, 0.2) is 224 Å². The van der Waals surface area contributed by atoms with E-state index in [-0.39, 0.29) is 0 Å². The van der Waals surface area contributed by atoms with E-state index in [1.165, 1.54) is 60.1 Å². The molecule has 0 aromatic heterocycles. The Bertz CT molecular complexity index is 2950. The van der Waals surface area contributed by atoms with E-state index in [1.807, 2.05) is 0 Å². The topological polar surface area (TPSA) is 6.48 Å². The zero-order valence-corrected chi connectivity index (χ0v) is 31.8. The lowest BCUT2D eigenvalue weighted by atomic mass is 9.87. The number of anilines is 6. The van der Waals surface area contributed by atoms with Crippen LogP contribution in [0.4, 0.5) is 34.1 Å². The molecule has 57 heavy (non-hydrogen) atoms. The van der Waals surface area contributed by atoms with Crippen LogP contribution in [0.5, 0.6) is 0 Å². The van der Waals surface area contributed by atoms with Crippen molar-refractivity contribution in [2.24, 2.45) is 0 Å². The van der Waals surface area contributed by atoms with Crippen molar-refractivity contribution < 1.29 is 0 Å². The zero-order chi connectivity index (χ0) is 38.1. The predicted octanol–water partition coefficient (Wildman–Crippen LogP) is 15.7. The molecule has 0 fully saturated rings. The van der Waals surface area contributed by atoms with Crippen molar-refractivity contribution in [1.29, 1.82) is 0 Å². The molecular formula is C55H40N2. The maximum Gasteiger partial charge on any atom is 0.0464 e. The fourth-order valence-electron chi connectivity index (χ4n) is 8.40. The molecule has 0 unspecified atom stereocenters. The van der Waals surface area contributed by atoms with Gasteiger partial charge in [0.2, 0.25) is 0 Å². The zero-order valence-electron chi connectivity index (χ0n) is 31.8. The molecule has 0 aliphatic carbocycles. The van der Waals surface area contributed by atoms with Crippen molar-refractivity contribution in [3.63, 3.8) is 0 Å². The largest absolute Gasteiger partial charge is 0.311 e. The maximum absolute atomic E-state index is 2.41. The summed E-state index contributed by atoms with van der Waals surface area (Å²) in [6, 6.07) is 81.2. The van der Waals surface area contributed by atoms with Gasteiger partial charge in [0.1, 0.15) is 0 Å². The molecule has 10 aromatic rings. The van der Waals surface area contributed by atoms with Gasteiger partial charge in [0, 0.05) is 34.1 Å². The molecule has 0 saturated heterocycles. The molecule has 270 valence electrons. The Balaban J connectivity index is 1.09. The number of nitrogens with zero attached hydrogens (tertiary/aromatic N) is 2. The molecule has 2 nitrogen and oxygen atoms in total. The average Bonchev–Trinajstić information content (AvgIpc) is 3.28. The van der Waals surface area contributed by atoms with Crippen molar-refractivity contribution in [3.05, 3.63) is 230 Å². The predicted molar refractivity (Wildman–Crippen MR) is 244 cm³/mol. The summed E-state index contributed by atoms with van der Waals surface area (Å²) in [6.45, 7) is 2.15. The van der Waals surface area contributed by atoms with Crippen molar-refractivity contribution in [3.8, 4) is 22.3 Å². The Morgan fingerprint density at radius 1 is 0.246 bits per heavy atom. The van der Waals surface area contributed by atoms with Crippen LogP contribution in [0.2, 0.25) is 0 Å². The molecule has 0 amide bonds. The van der Waals surface area contributed by atoms with Crippen LogP contribution in [-0.4, -0.2) is 0 Å². The van der Waals surface area contributed by atoms with Crippen LogP contribution < -0.4 is 9.80 Å². The van der Waals surface area contributed by atoms with Gasteiger partial charge in [0.25, 0.3) is 0 Å². The SMILES string of the molecule is Cc1cccc(N(c2ccccc2)c2ccc(-c3cc4c5ccccc5c(-c5ccc(N(c6ccccc6)c6ccccc6)cc5)cc4c4ccccc34)cc2)c1. The van der Waals surface area contributed by atoms with E-state index in [4.69, 9.17) is 0 Å². The van der Waals surface area contributed by atoms with Gasteiger partial charge in [-0.3, -0.25) is 0 Å². The van der Waals surface area contributed by atoms with Gasteiger partial charge >= 0.3 is 0 Å². The van der Waals surface area contributed by atoms with E-state index < -0.39 is 0 Å². The van der Waals surface area contributed by atoms with Crippen molar-refractivity contribution >= 4 is 66.4 Å². The van der Waals surface area contributed by atoms with Crippen LogP contribution in [-0.2, 0) is 0 Å². The van der Waals surface area contributed by atoms with E-state index in [1.54, 1.807) is 0 Å². The van der Waals surface area contributed by atoms with E-state index >= 15 is 0 Å². The minimum absolute atomic E-state index is 1.12. The summed E-state index contributed by atoms with van der Waals surface area (Å²) in [7, 11) is 0. The molecule has 0 bridgehead atoms. The van der Waals surface area contributed by atoms with Crippen molar-refractivity contribution in [2.75, 3.05) is 9.80 Å². The first-order chi connectivity index (χ1) is 28.2. The van der Waals surface area contributed by atoms with Gasteiger partial charge in [-0.25, -0.2) is 0 Å². The van der Waals surface area contributed by atoms with E-state index in [0.29, 0.717) is 0 Å². The first-order valence-corrected chi connectivity index (χ1v) is 19.6.